The van der Waals surface area contributed by atoms with Gasteiger partial charge in [0.25, 0.3) is 0 Å². The molecule has 4 rings (SSSR count). The average molecular weight is 311 g/mol. The van der Waals surface area contributed by atoms with Gasteiger partial charge in [-0.25, -0.2) is 14.9 Å². The van der Waals surface area contributed by atoms with Crippen LogP contribution in [0.2, 0.25) is 0 Å². The van der Waals surface area contributed by atoms with E-state index in [0.717, 1.165) is 36.0 Å². The largest absolute Gasteiger partial charge is 0.371 e. The second-order valence-electron chi connectivity index (χ2n) is 5.63. The molecule has 0 saturated carbocycles. The molecule has 1 saturated heterocycles. The van der Waals surface area contributed by atoms with Gasteiger partial charge in [-0.1, -0.05) is 24.3 Å². The Balaban J connectivity index is 1.72. The van der Waals surface area contributed by atoms with Crippen LogP contribution in [-0.2, 0) is 11.3 Å². The number of nitrogens with zero attached hydrogens (tertiary/aromatic N) is 2. The standard InChI is InChI=1S/C16H17N5O2/c22-16-19-15(20-21-16)13-7-10-3-1-2-4-12(10)14(18-13)9-23-11-5-6-17-8-11/h1-4,7,11,17H,5-6,8-9H2,(H2,19,20,21,22). The Morgan fingerprint density at radius 3 is 3.00 bits per heavy atom. The molecule has 1 atom stereocenters. The Morgan fingerprint density at radius 1 is 1.30 bits per heavy atom. The summed E-state index contributed by atoms with van der Waals surface area (Å²) in [5.74, 6) is 0.435. The molecular weight excluding hydrogens is 294 g/mol. The van der Waals surface area contributed by atoms with Gasteiger partial charge >= 0.3 is 5.69 Å². The lowest BCUT2D eigenvalue weighted by molar-refractivity contribution is 0.0530. The number of nitrogens with one attached hydrogen (secondary N) is 3. The predicted molar refractivity (Wildman–Crippen MR) is 86.0 cm³/mol. The number of hydrogen-bond donors (Lipinski definition) is 3. The highest BCUT2D eigenvalue weighted by molar-refractivity contribution is 5.87. The van der Waals surface area contributed by atoms with Crippen LogP contribution in [0.1, 0.15) is 12.1 Å². The number of fused-ring (bicyclic) bond motifs is 1. The van der Waals surface area contributed by atoms with E-state index in [1.54, 1.807) is 0 Å². The van der Waals surface area contributed by atoms with E-state index in [2.05, 4.69) is 25.5 Å². The number of H-pyrrole nitrogens is 2. The topological polar surface area (TPSA) is 95.7 Å². The summed E-state index contributed by atoms with van der Waals surface area (Å²) in [5.41, 5.74) is 1.14. The van der Waals surface area contributed by atoms with Crippen LogP contribution < -0.4 is 11.0 Å². The highest BCUT2D eigenvalue weighted by Crippen LogP contribution is 2.23. The maximum Gasteiger partial charge on any atom is 0.340 e. The SMILES string of the molecule is O=c1[nH]nc(-c2cc3ccccc3c(COC3CCNC3)n2)[nH]1. The van der Waals surface area contributed by atoms with Crippen LogP contribution in [0, 0.1) is 0 Å². The molecule has 0 amide bonds. The van der Waals surface area contributed by atoms with E-state index in [-0.39, 0.29) is 11.8 Å². The van der Waals surface area contributed by atoms with Crippen LogP contribution in [-0.4, -0.2) is 39.4 Å². The van der Waals surface area contributed by atoms with Gasteiger partial charge < -0.3 is 10.1 Å². The number of ether oxygens (including phenoxy) is 1. The minimum atomic E-state index is -0.343. The Labute approximate surface area is 132 Å². The smallest absolute Gasteiger partial charge is 0.340 e. The molecule has 7 nitrogen and oxygen atoms in total. The quantitative estimate of drug-likeness (QED) is 0.673. The predicted octanol–water partition coefficient (Wildman–Crippen LogP) is 1.19. The Hall–Kier alpha value is -2.51. The summed E-state index contributed by atoms with van der Waals surface area (Å²) in [4.78, 5) is 18.6. The highest BCUT2D eigenvalue weighted by Gasteiger charge is 2.16. The summed E-state index contributed by atoms with van der Waals surface area (Å²) in [6, 6.07) is 9.94. The molecule has 0 aliphatic carbocycles. The third kappa shape index (κ3) is 2.88. The van der Waals surface area contributed by atoms with Crippen molar-refractivity contribution in [1.29, 1.82) is 0 Å². The maximum absolute atomic E-state index is 11.3. The second kappa shape index (κ2) is 5.94. The first kappa shape index (κ1) is 14.1. The fraction of sp³-hybridized carbons (Fsp3) is 0.312. The fourth-order valence-electron chi connectivity index (χ4n) is 2.86. The fourth-order valence-corrected chi connectivity index (χ4v) is 2.86. The van der Waals surface area contributed by atoms with Crippen molar-refractivity contribution in [1.82, 2.24) is 25.5 Å². The van der Waals surface area contributed by atoms with E-state index in [4.69, 9.17) is 4.74 Å². The summed E-state index contributed by atoms with van der Waals surface area (Å²) in [5, 5.41) is 11.7. The molecule has 1 aliphatic heterocycles. The molecule has 1 aliphatic rings. The third-order valence-electron chi connectivity index (χ3n) is 4.03. The number of pyridine rings is 1. The number of aromatic nitrogens is 4. The lowest BCUT2D eigenvalue weighted by atomic mass is 10.1. The summed E-state index contributed by atoms with van der Waals surface area (Å²) >= 11 is 0. The van der Waals surface area contributed by atoms with E-state index < -0.39 is 0 Å². The van der Waals surface area contributed by atoms with Gasteiger partial charge in [0.2, 0.25) is 0 Å². The van der Waals surface area contributed by atoms with Crippen molar-refractivity contribution in [3.05, 3.63) is 46.5 Å². The zero-order chi connectivity index (χ0) is 15.6. The first-order valence-electron chi connectivity index (χ1n) is 7.65. The van der Waals surface area contributed by atoms with Gasteiger partial charge in [-0.05, 0) is 24.4 Å². The number of aromatic amines is 2. The van der Waals surface area contributed by atoms with Gasteiger partial charge in [0, 0.05) is 11.9 Å². The molecule has 0 bridgehead atoms. The van der Waals surface area contributed by atoms with Crippen molar-refractivity contribution in [2.45, 2.75) is 19.1 Å². The molecule has 118 valence electrons. The maximum atomic E-state index is 11.3. The molecule has 3 N–H and O–H groups in total. The van der Waals surface area contributed by atoms with Crippen LogP contribution >= 0.6 is 0 Å². The van der Waals surface area contributed by atoms with Gasteiger partial charge in [-0.2, -0.15) is 5.10 Å². The molecule has 1 fully saturated rings. The first-order chi connectivity index (χ1) is 11.3. The summed E-state index contributed by atoms with van der Waals surface area (Å²) in [7, 11) is 0. The molecule has 23 heavy (non-hydrogen) atoms. The van der Waals surface area contributed by atoms with Crippen LogP contribution in [0.5, 0.6) is 0 Å². The van der Waals surface area contributed by atoms with E-state index >= 15 is 0 Å². The van der Waals surface area contributed by atoms with Crippen molar-refractivity contribution in [3.63, 3.8) is 0 Å². The Kier molecular flexibility index (Phi) is 3.64. The van der Waals surface area contributed by atoms with Crippen molar-refractivity contribution in [2.24, 2.45) is 0 Å². The van der Waals surface area contributed by atoms with Crippen molar-refractivity contribution >= 4 is 10.8 Å². The second-order valence-corrected chi connectivity index (χ2v) is 5.63. The molecule has 3 heterocycles. The monoisotopic (exact) mass is 311 g/mol. The van der Waals surface area contributed by atoms with Crippen LogP contribution in [0.3, 0.4) is 0 Å². The lowest BCUT2D eigenvalue weighted by Gasteiger charge is -2.12. The van der Waals surface area contributed by atoms with E-state index in [1.165, 1.54) is 0 Å². The third-order valence-corrected chi connectivity index (χ3v) is 4.03. The van der Waals surface area contributed by atoms with Crippen molar-refractivity contribution in [3.8, 4) is 11.5 Å². The minimum Gasteiger partial charge on any atom is -0.371 e. The minimum absolute atomic E-state index is 0.226. The van der Waals surface area contributed by atoms with Gasteiger partial charge in [-0.3, -0.25) is 4.98 Å². The van der Waals surface area contributed by atoms with Gasteiger partial charge in [0.15, 0.2) is 5.82 Å². The normalized spacial score (nSPS) is 17.8. The van der Waals surface area contributed by atoms with Gasteiger partial charge in [-0.15, -0.1) is 0 Å². The molecule has 2 aromatic heterocycles. The van der Waals surface area contributed by atoms with E-state index in [1.807, 2.05) is 30.3 Å². The molecule has 0 spiro atoms. The number of rotatable bonds is 4. The van der Waals surface area contributed by atoms with E-state index in [0.29, 0.717) is 18.1 Å². The van der Waals surface area contributed by atoms with Crippen molar-refractivity contribution < 1.29 is 4.74 Å². The van der Waals surface area contributed by atoms with Gasteiger partial charge in [0.05, 0.1) is 18.4 Å². The Bertz CT molecular complexity index is 879. The van der Waals surface area contributed by atoms with Crippen LogP contribution in [0.15, 0.2) is 35.1 Å². The molecule has 1 unspecified atom stereocenters. The molecule has 7 heteroatoms. The average Bonchev–Trinajstić information content (AvgIpc) is 3.24. The molecule has 0 radical (unpaired) electrons. The summed E-state index contributed by atoms with van der Waals surface area (Å²) in [6.07, 6.45) is 1.24. The first-order valence-corrected chi connectivity index (χ1v) is 7.65. The zero-order valence-electron chi connectivity index (χ0n) is 12.5. The Morgan fingerprint density at radius 2 is 2.22 bits per heavy atom. The molecule has 3 aromatic rings. The van der Waals surface area contributed by atoms with Crippen molar-refractivity contribution in [2.75, 3.05) is 13.1 Å². The van der Waals surface area contributed by atoms with Crippen LogP contribution in [0.25, 0.3) is 22.3 Å². The zero-order valence-corrected chi connectivity index (χ0v) is 12.5. The van der Waals surface area contributed by atoms with Crippen LogP contribution in [0.4, 0.5) is 0 Å². The summed E-state index contributed by atoms with van der Waals surface area (Å²) < 4.78 is 5.97. The van der Waals surface area contributed by atoms with E-state index in [9.17, 15) is 4.79 Å². The van der Waals surface area contributed by atoms with Gasteiger partial charge in [0.1, 0.15) is 5.69 Å². The summed E-state index contributed by atoms with van der Waals surface area (Å²) in [6.45, 7) is 2.31. The molecule has 1 aromatic carbocycles. The number of hydrogen-bond acceptors (Lipinski definition) is 5. The number of benzene rings is 1. The molecular formula is C16H17N5O2. The lowest BCUT2D eigenvalue weighted by Crippen LogP contribution is -2.17. The highest BCUT2D eigenvalue weighted by atomic mass is 16.5.